The Hall–Kier alpha value is -3.27. The summed E-state index contributed by atoms with van der Waals surface area (Å²) in [5, 5.41) is 0. The van der Waals surface area contributed by atoms with Crippen LogP contribution in [0.2, 0.25) is 0 Å². The molecule has 4 rings (SSSR count). The van der Waals surface area contributed by atoms with Gasteiger partial charge < -0.3 is 14.2 Å². The predicted octanol–water partition coefficient (Wildman–Crippen LogP) is 2.91. The number of rotatable bonds is 8. The average Bonchev–Trinajstić information content (AvgIpc) is 3.13. The molecule has 170 valence electrons. The lowest BCUT2D eigenvalue weighted by molar-refractivity contribution is -0.149. The Morgan fingerprint density at radius 3 is 2.09 bits per heavy atom. The molecule has 1 saturated heterocycles. The van der Waals surface area contributed by atoms with Crippen LogP contribution >= 0.6 is 15.9 Å². The molecule has 0 aliphatic carbocycles. The Kier molecular flexibility index (Phi) is 7.33. The number of H-pyrrole nitrogens is 1. The molecule has 0 saturated carbocycles. The summed E-state index contributed by atoms with van der Waals surface area (Å²) in [7, 11) is 0. The van der Waals surface area contributed by atoms with Crippen LogP contribution in [0.1, 0.15) is 11.1 Å². The summed E-state index contributed by atoms with van der Waals surface area (Å²) in [6.07, 6.45) is 1.20. The fourth-order valence-corrected chi connectivity index (χ4v) is 3.66. The van der Waals surface area contributed by atoms with E-state index in [2.05, 4.69) is 20.9 Å². The van der Waals surface area contributed by atoms with Crippen molar-refractivity contribution in [3.05, 3.63) is 115 Å². The highest BCUT2D eigenvalue weighted by molar-refractivity contribution is 9.10. The van der Waals surface area contributed by atoms with Crippen molar-refractivity contribution in [2.45, 2.75) is 32.0 Å². The highest BCUT2D eigenvalue weighted by Gasteiger charge is 2.43. The number of hydrogen-bond donors (Lipinski definition) is 1. The van der Waals surface area contributed by atoms with Crippen LogP contribution in [-0.4, -0.2) is 27.7 Å². The normalized spacial score (nSPS) is 19.1. The molecule has 2 atom stereocenters. The van der Waals surface area contributed by atoms with Crippen molar-refractivity contribution in [1.82, 2.24) is 9.55 Å². The number of carbonyl (C=O) groups excluding carboxylic acids is 1. The highest BCUT2D eigenvalue weighted by atomic mass is 79.9. The van der Waals surface area contributed by atoms with E-state index in [1.54, 1.807) is 6.08 Å². The molecule has 1 fully saturated rings. The van der Waals surface area contributed by atoms with E-state index in [1.165, 1.54) is 10.8 Å². The van der Waals surface area contributed by atoms with Crippen LogP contribution in [0.5, 0.6) is 0 Å². The summed E-state index contributed by atoms with van der Waals surface area (Å²) >= 11 is 3.10. The Balaban J connectivity index is 1.55. The van der Waals surface area contributed by atoms with Gasteiger partial charge in [0.15, 0.2) is 12.2 Å². The number of nitrogens with zero attached hydrogens (tertiary/aromatic N) is 1. The molecule has 3 aromatic rings. The van der Waals surface area contributed by atoms with Crippen LogP contribution in [0.4, 0.5) is 0 Å². The molecule has 1 aromatic heterocycles. The molecule has 1 aliphatic rings. The highest BCUT2D eigenvalue weighted by Crippen LogP contribution is 2.27. The molecule has 2 heterocycles. The molecule has 33 heavy (non-hydrogen) atoms. The number of benzene rings is 2. The van der Waals surface area contributed by atoms with Gasteiger partial charge in [-0.05, 0) is 33.1 Å². The van der Waals surface area contributed by atoms with Gasteiger partial charge >= 0.3 is 11.7 Å². The number of ether oxygens (including phenoxy) is 3. The number of aromatic amines is 1. The topological polar surface area (TPSA) is 99.6 Å². The molecular weight excluding hydrogens is 492 g/mol. The van der Waals surface area contributed by atoms with Crippen molar-refractivity contribution in [3.8, 4) is 0 Å². The minimum absolute atomic E-state index is 0.0629. The van der Waals surface area contributed by atoms with Crippen molar-refractivity contribution in [3.63, 3.8) is 0 Å². The van der Waals surface area contributed by atoms with Crippen molar-refractivity contribution in [2.75, 3.05) is 0 Å². The van der Waals surface area contributed by atoms with Gasteiger partial charge in [0.1, 0.15) is 5.76 Å². The molecule has 8 nitrogen and oxygen atoms in total. The Bertz CT molecular complexity index is 1250. The Labute approximate surface area is 197 Å². The first-order valence-corrected chi connectivity index (χ1v) is 11.0. The van der Waals surface area contributed by atoms with Crippen molar-refractivity contribution >= 4 is 21.9 Å². The van der Waals surface area contributed by atoms with Crippen molar-refractivity contribution in [1.29, 1.82) is 0 Å². The zero-order valence-electron chi connectivity index (χ0n) is 17.5. The molecule has 0 spiro atoms. The minimum Gasteiger partial charge on any atom is -0.426 e. The van der Waals surface area contributed by atoms with E-state index in [-0.39, 0.29) is 30.0 Å². The standard InChI is InChI=1S/C24H21BrN2O6/c25-18-13-27(24(30)26-22(18)28)12-11-19-20(31-14-16-7-3-1-4-8-16)21(23(29)33-19)32-15-17-9-5-2-6-10-17/h1-11,13,20-21H,12,14-15H2,(H,26,28,30)/b19-11+. The quantitative estimate of drug-likeness (QED) is 0.466. The summed E-state index contributed by atoms with van der Waals surface area (Å²) in [5.74, 6) is -0.312. The van der Waals surface area contributed by atoms with E-state index >= 15 is 0 Å². The van der Waals surface area contributed by atoms with Gasteiger partial charge in [-0.15, -0.1) is 0 Å². The monoisotopic (exact) mass is 512 g/mol. The molecule has 0 bridgehead atoms. The van der Waals surface area contributed by atoms with Crippen molar-refractivity contribution in [2.24, 2.45) is 0 Å². The van der Waals surface area contributed by atoms with Crippen LogP contribution in [0.3, 0.4) is 0 Å². The maximum Gasteiger partial charge on any atom is 0.343 e. The molecule has 0 radical (unpaired) electrons. The zero-order chi connectivity index (χ0) is 23.2. The fraction of sp³-hybridized carbons (Fsp3) is 0.208. The van der Waals surface area contributed by atoms with Gasteiger partial charge in [0.05, 0.1) is 17.7 Å². The molecule has 0 amide bonds. The summed E-state index contributed by atoms with van der Waals surface area (Å²) in [6.45, 7) is 0.522. The zero-order valence-corrected chi connectivity index (χ0v) is 19.1. The first-order chi connectivity index (χ1) is 16.0. The predicted molar refractivity (Wildman–Crippen MR) is 123 cm³/mol. The number of esters is 1. The average molecular weight is 513 g/mol. The summed E-state index contributed by atoms with van der Waals surface area (Å²) < 4.78 is 18.9. The van der Waals surface area contributed by atoms with E-state index in [0.29, 0.717) is 0 Å². The van der Waals surface area contributed by atoms with Crippen LogP contribution < -0.4 is 11.2 Å². The second-order valence-corrected chi connectivity index (χ2v) is 8.21. The van der Waals surface area contributed by atoms with Gasteiger partial charge in [0.2, 0.25) is 0 Å². The molecule has 2 aromatic carbocycles. The minimum atomic E-state index is -0.959. The maximum atomic E-state index is 12.6. The Morgan fingerprint density at radius 1 is 0.909 bits per heavy atom. The van der Waals surface area contributed by atoms with Crippen LogP contribution in [0, 0.1) is 0 Å². The van der Waals surface area contributed by atoms with Crippen molar-refractivity contribution < 1.29 is 19.0 Å². The lowest BCUT2D eigenvalue weighted by Gasteiger charge is -2.18. The Morgan fingerprint density at radius 2 is 1.48 bits per heavy atom. The van der Waals surface area contributed by atoms with E-state index in [0.717, 1.165) is 11.1 Å². The molecular formula is C24H21BrN2O6. The fourth-order valence-electron chi connectivity index (χ4n) is 3.32. The van der Waals surface area contributed by atoms with E-state index in [9.17, 15) is 14.4 Å². The smallest absolute Gasteiger partial charge is 0.343 e. The number of hydrogen-bond acceptors (Lipinski definition) is 6. The first kappa shape index (κ1) is 22.9. The van der Waals surface area contributed by atoms with Crippen LogP contribution in [-0.2, 0) is 38.8 Å². The number of nitrogens with one attached hydrogen (secondary N) is 1. The van der Waals surface area contributed by atoms with Gasteiger partial charge in [0.25, 0.3) is 5.56 Å². The number of aromatic nitrogens is 2. The third-order valence-corrected chi connectivity index (χ3v) is 5.57. The molecule has 9 heteroatoms. The first-order valence-electron chi connectivity index (χ1n) is 10.2. The summed E-state index contributed by atoms with van der Waals surface area (Å²) in [6, 6.07) is 19.0. The summed E-state index contributed by atoms with van der Waals surface area (Å²) in [5.41, 5.74) is 0.741. The molecule has 1 aliphatic heterocycles. The van der Waals surface area contributed by atoms with Crippen LogP contribution in [0.15, 0.2) is 92.8 Å². The van der Waals surface area contributed by atoms with Gasteiger partial charge in [-0.25, -0.2) is 9.59 Å². The maximum absolute atomic E-state index is 12.6. The van der Waals surface area contributed by atoms with E-state index < -0.39 is 29.4 Å². The number of carbonyl (C=O) groups is 1. The van der Waals surface area contributed by atoms with Crippen LogP contribution in [0.25, 0.3) is 0 Å². The lowest BCUT2D eigenvalue weighted by Crippen LogP contribution is -2.32. The molecule has 2 unspecified atom stereocenters. The second kappa shape index (κ2) is 10.6. The SMILES string of the molecule is O=C1O/C(=C/Cn2cc(Br)c(=O)[nH]c2=O)C(OCc2ccccc2)C1OCc1ccccc1. The number of allylic oxidation sites excluding steroid dienone is 1. The third kappa shape index (κ3) is 5.75. The third-order valence-electron chi connectivity index (χ3n) is 5.01. The van der Waals surface area contributed by atoms with Gasteiger partial charge in [-0.3, -0.25) is 14.3 Å². The number of cyclic esters (lactones) is 1. The lowest BCUT2D eigenvalue weighted by atomic mass is 10.1. The van der Waals surface area contributed by atoms with Gasteiger partial charge in [-0.2, -0.15) is 0 Å². The second-order valence-electron chi connectivity index (χ2n) is 7.35. The van der Waals surface area contributed by atoms with Gasteiger partial charge in [-0.1, -0.05) is 60.7 Å². The summed E-state index contributed by atoms with van der Waals surface area (Å²) in [4.78, 5) is 38.5. The number of halogens is 1. The van der Waals surface area contributed by atoms with E-state index in [1.807, 2.05) is 60.7 Å². The van der Waals surface area contributed by atoms with E-state index in [4.69, 9.17) is 14.2 Å². The largest absolute Gasteiger partial charge is 0.426 e. The van der Waals surface area contributed by atoms with Gasteiger partial charge in [0, 0.05) is 12.7 Å². The molecule has 1 N–H and O–H groups in total.